The Balaban J connectivity index is 1.18. The molecule has 1 saturated heterocycles. The molecule has 0 bridgehead atoms. The normalized spacial score (nSPS) is 16.0. The molecule has 174 valence electrons. The fourth-order valence-electron chi connectivity index (χ4n) is 4.46. The van der Waals surface area contributed by atoms with E-state index in [1.165, 1.54) is 24.3 Å². The summed E-state index contributed by atoms with van der Waals surface area (Å²) in [4.78, 5) is 28.2. The van der Waals surface area contributed by atoms with Gasteiger partial charge in [0.15, 0.2) is 0 Å². The maximum absolute atomic E-state index is 13.2. The molecule has 0 N–H and O–H groups in total. The lowest BCUT2D eigenvalue weighted by Crippen LogP contribution is -2.39. The Labute approximate surface area is 200 Å². The number of amides is 1. The van der Waals surface area contributed by atoms with Crippen molar-refractivity contribution in [2.24, 2.45) is 0 Å². The maximum Gasteiger partial charge on any atom is 0.253 e. The van der Waals surface area contributed by atoms with Gasteiger partial charge in [0.2, 0.25) is 11.7 Å². The highest BCUT2D eigenvalue weighted by molar-refractivity contribution is 5.94. The van der Waals surface area contributed by atoms with Gasteiger partial charge >= 0.3 is 0 Å². The third-order valence-electron chi connectivity index (χ3n) is 6.30. The molecule has 1 atom stereocenters. The van der Waals surface area contributed by atoms with Gasteiger partial charge in [-0.3, -0.25) is 9.36 Å². The highest BCUT2D eigenvalue weighted by atomic mass is 19.1. The molecule has 1 aliphatic heterocycles. The number of aromatic nitrogens is 5. The van der Waals surface area contributed by atoms with Crippen LogP contribution in [0.5, 0.6) is 0 Å². The van der Waals surface area contributed by atoms with Crippen molar-refractivity contribution in [1.29, 1.82) is 0 Å². The van der Waals surface area contributed by atoms with Crippen LogP contribution in [0.15, 0.2) is 77.7 Å². The quantitative estimate of drug-likeness (QED) is 0.382. The number of benzene rings is 2. The van der Waals surface area contributed by atoms with Crippen LogP contribution in [0.1, 0.15) is 35.0 Å². The van der Waals surface area contributed by atoms with Crippen molar-refractivity contribution >= 4 is 16.9 Å². The molecule has 6 rings (SSSR count). The molecule has 9 heteroatoms. The minimum Gasteiger partial charge on any atom is -0.339 e. The summed E-state index contributed by atoms with van der Waals surface area (Å²) in [6.07, 6.45) is 5.13. The maximum atomic E-state index is 13.2. The van der Waals surface area contributed by atoms with E-state index in [1.54, 1.807) is 17.4 Å². The molecular weight excluding hydrogens is 447 g/mol. The lowest BCUT2D eigenvalue weighted by atomic mass is 9.97. The largest absolute Gasteiger partial charge is 0.339 e. The van der Waals surface area contributed by atoms with E-state index in [2.05, 4.69) is 20.1 Å². The van der Waals surface area contributed by atoms with Crippen molar-refractivity contribution in [2.45, 2.75) is 18.8 Å². The van der Waals surface area contributed by atoms with Gasteiger partial charge in [0, 0.05) is 30.4 Å². The molecule has 0 radical (unpaired) electrons. The predicted octanol–water partition coefficient (Wildman–Crippen LogP) is 4.63. The first-order valence-corrected chi connectivity index (χ1v) is 11.4. The third kappa shape index (κ3) is 4.05. The second kappa shape index (κ2) is 8.75. The summed E-state index contributed by atoms with van der Waals surface area (Å²) in [5.74, 6) is 1.16. The Morgan fingerprint density at radius 1 is 1.03 bits per heavy atom. The molecule has 8 nitrogen and oxygen atoms in total. The van der Waals surface area contributed by atoms with Gasteiger partial charge in [0.25, 0.3) is 5.91 Å². The zero-order valence-corrected chi connectivity index (χ0v) is 18.7. The Hall–Kier alpha value is -4.40. The van der Waals surface area contributed by atoms with Crippen LogP contribution in [-0.4, -0.2) is 48.6 Å². The Morgan fingerprint density at radius 3 is 2.71 bits per heavy atom. The van der Waals surface area contributed by atoms with E-state index < -0.39 is 0 Å². The van der Waals surface area contributed by atoms with Gasteiger partial charge in [0.05, 0.1) is 17.0 Å². The summed E-state index contributed by atoms with van der Waals surface area (Å²) in [5, 5.41) is 4.15. The number of para-hydroxylation sites is 2. The standard InChI is InChI=1S/C26H21FN6O2/c27-20-10-7-17(8-11-20)26(34)32-13-3-4-19(15-32)25-30-24(31-35-25)18-9-12-23(28-14-18)33-16-29-21-5-1-2-6-22(21)33/h1-2,5-12,14,16,19H,3-4,13,15H2. The molecule has 0 spiro atoms. The van der Waals surface area contributed by atoms with E-state index in [0.29, 0.717) is 30.4 Å². The second-order valence-corrected chi connectivity index (χ2v) is 8.56. The SMILES string of the molecule is O=C(c1ccc(F)cc1)N1CCCC(c2nc(-c3ccc(-n4cnc5ccccc54)nc3)no2)C1. The Kier molecular flexibility index (Phi) is 5.29. The first-order chi connectivity index (χ1) is 17.2. The summed E-state index contributed by atoms with van der Waals surface area (Å²) < 4.78 is 20.7. The molecule has 35 heavy (non-hydrogen) atoms. The number of pyridine rings is 1. The smallest absolute Gasteiger partial charge is 0.253 e. The van der Waals surface area contributed by atoms with Crippen LogP contribution < -0.4 is 0 Å². The van der Waals surface area contributed by atoms with Crippen molar-refractivity contribution in [2.75, 3.05) is 13.1 Å². The highest BCUT2D eigenvalue weighted by Crippen LogP contribution is 2.28. The van der Waals surface area contributed by atoms with E-state index in [4.69, 9.17) is 4.52 Å². The van der Waals surface area contributed by atoms with Crippen molar-refractivity contribution in [3.63, 3.8) is 0 Å². The van der Waals surface area contributed by atoms with E-state index in [-0.39, 0.29) is 17.6 Å². The van der Waals surface area contributed by atoms with Crippen molar-refractivity contribution in [3.8, 4) is 17.2 Å². The molecule has 1 unspecified atom stereocenters. The predicted molar refractivity (Wildman–Crippen MR) is 126 cm³/mol. The number of halogens is 1. The lowest BCUT2D eigenvalue weighted by molar-refractivity contribution is 0.0695. The Bertz CT molecular complexity index is 1490. The summed E-state index contributed by atoms with van der Waals surface area (Å²) in [6, 6.07) is 17.3. The zero-order valence-electron chi connectivity index (χ0n) is 18.7. The summed E-state index contributed by atoms with van der Waals surface area (Å²) in [6.45, 7) is 1.12. The van der Waals surface area contributed by atoms with Gasteiger partial charge in [-0.25, -0.2) is 14.4 Å². The van der Waals surface area contributed by atoms with Gasteiger partial charge < -0.3 is 9.42 Å². The third-order valence-corrected chi connectivity index (χ3v) is 6.30. The molecular formula is C26H21FN6O2. The molecule has 3 aromatic heterocycles. The fourth-order valence-corrected chi connectivity index (χ4v) is 4.46. The topological polar surface area (TPSA) is 89.9 Å². The molecule has 5 aromatic rings. The number of nitrogens with zero attached hydrogens (tertiary/aromatic N) is 6. The van der Waals surface area contributed by atoms with Crippen LogP contribution in [0.25, 0.3) is 28.2 Å². The average molecular weight is 468 g/mol. The number of hydrogen-bond acceptors (Lipinski definition) is 6. The fraction of sp³-hybridized carbons (Fsp3) is 0.192. The number of fused-ring (bicyclic) bond motifs is 1. The molecule has 1 aliphatic rings. The summed E-state index contributed by atoms with van der Waals surface area (Å²) >= 11 is 0. The molecule has 1 fully saturated rings. The number of carbonyl (C=O) groups is 1. The first kappa shape index (κ1) is 21.2. The number of rotatable bonds is 4. The second-order valence-electron chi connectivity index (χ2n) is 8.56. The van der Waals surface area contributed by atoms with E-state index in [9.17, 15) is 9.18 Å². The zero-order chi connectivity index (χ0) is 23.8. The van der Waals surface area contributed by atoms with E-state index in [1.807, 2.05) is 41.0 Å². The molecule has 0 aliphatic carbocycles. The van der Waals surface area contributed by atoms with Gasteiger partial charge in [-0.2, -0.15) is 4.98 Å². The van der Waals surface area contributed by atoms with Gasteiger partial charge in [-0.1, -0.05) is 17.3 Å². The van der Waals surface area contributed by atoms with Gasteiger partial charge in [0.1, 0.15) is 18.0 Å². The van der Waals surface area contributed by atoms with E-state index in [0.717, 1.165) is 35.3 Å². The summed E-state index contributed by atoms with van der Waals surface area (Å²) in [5.41, 5.74) is 3.09. The van der Waals surface area contributed by atoms with Crippen LogP contribution >= 0.6 is 0 Å². The van der Waals surface area contributed by atoms with Crippen molar-refractivity contribution in [1.82, 2.24) is 29.6 Å². The van der Waals surface area contributed by atoms with Gasteiger partial charge in [-0.05, 0) is 61.4 Å². The highest BCUT2D eigenvalue weighted by Gasteiger charge is 2.29. The first-order valence-electron chi connectivity index (χ1n) is 11.4. The number of imidazole rings is 1. The number of hydrogen-bond donors (Lipinski definition) is 0. The van der Waals surface area contributed by atoms with Crippen LogP contribution in [0, 0.1) is 5.82 Å². The van der Waals surface area contributed by atoms with Crippen LogP contribution in [0.2, 0.25) is 0 Å². The lowest BCUT2D eigenvalue weighted by Gasteiger charge is -2.31. The molecule has 4 heterocycles. The molecule has 1 amide bonds. The Morgan fingerprint density at radius 2 is 1.89 bits per heavy atom. The minimum absolute atomic E-state index is 0.0565. The monoisotopic (exact) mass is 468 g/mol. The number of likely N-dealkylation sites (tertiary alicyclic amines) is 1. The van der Waals surface area contributed by atoms with E-state index >= 15 is 0 Å². The van der Waals surface area contributed by atoms with Gasteiger partial charge in [-0.15, -0.1) is 0 Å². The molecule has 2 aromatic carbocycles. The minimum atomic E-state index is -0.364. The summed E-state index contributed by atoms with van der Waals surface area (Å²) in [7, 11) is 0. The van der Waals surface area contributed by atoms with Crippen LogP contribution in [0.3, 0.4) is 0 Å². The van der Waals surface area contributed by atoms with Crippen molar-refractivity contribution in [3.05, 3.63) is 90.5 Å². The van der Waals surface area contributed by atoms with Crippen molar-refractivity contribution < 1.29 is 13.7 Å². The molecule has 0 saturated carbocycles. The number of piperidine rings is 1. The number of carbonyl (C=O) groups excluding carboxylic acids is 1. The van der Waals surface area contributed by atoms with Crippen LogP contribution in [-0.2, 0) is 0 Å². The average Bonchev–Trinajstić information content (AvgIpc) is 3.57. The van der Waals surface area contributed by atoms with Crippen LogP contribution in [0.4, 0.5) is 4.39 Å².